The zero-order valence-corrected chi connectivity index (χ0v) is 11.6. The molecule has 0 aromatic carbocycles. The van der Waals surface area contributed by atoms with Crippen LogP contribution in [-0.4, -0.2) is 38.5 Å². The first-order chi connectivity index (χ1) is 9.87. The molecule has 0 spiro atoms. The molecule has 0 radical (unpaired) electrons. The zero-order chi connectivity index (χ0) is 14.1. The fraction of sp³-hybridized carbons (Fsp3) is 0.400. The van der Waals surface area contributed by atoms with E-state index in [1.165, 1.54) is 0 Å². The highest BCUT2D eigenvalue weighted by atomic mass is 16.6. The summed E-state index contributed by atoms with van der Waals surface area (Å²) in [4.78, 5) is 4.37. The number of nitrogens with zero attached hydrogens (tertiary/aromatic N) is 1. The highest BCUT2D eigenvalue weighted by molar-refractivity contribution is 5.26. The van der Waals surface area contributed by atoms with E-state index in [1.807, 2.05) is 42.6 Å². The smallest absolute Gasteiger partial charge is 0.201 e. The number of rotatable bonds is 8. The van der Waals surface area contributed by atoms with Crippen molar-refractivity contribution in [3.05, 3.63) is 54.5 Å². The number of ether oxygens (including phenoxy) is 3. The van der Waals surface area contributed by atoms with Gasteiger partial charge in [0.05, 0.1) is 32.1 Å². The van der Waals surface area contributed by atoms with Gasteiger partial charge in [-0.15, -0.1) is 0 Å². The molecule has 0 saturated carbocycles. The SMILES string of the molecule is COCCOCCOC1(c2ccccn2)C=CC=CN1. The first kappa shape index (κ1) is 14.7. The minimum Gasteiger partial charge on any atom is -0.382 e. The van der Waals surface area contributed by atoms with Crippen LogP contribution in [0.3, 0.4) is 0 Å². The Bertz CT molecular complexity index is 448. The Labute approximate surface area is 119 Å². The molecule has 5 heteroatoms. The van der Waals surface area contributed by atoms with Gasteiger partial charge in [-0.2, -0.15) is 0 Å². The molecule has 1 aromatic heterocycles. The molecule has 0 bridgehead atoms. The number of hydrogen-bond acceptors (Lipinski definition) is 5. The van der Waals surface area contributed by atoms with Crippen LogP contribution >= 0.6 is 0 Å². The third-order valence-corrected chi connectivity index (χ3v) is 2.87. The van der Waals surface area contributed by atoms with Crippen LogP contribution in [0, 0.1) is 0 Å². The summed E-state index contributed by atoms with van der Waals surface area (Å²) in [5, 5.41) is 3.22. The van der Waals surface area contributed by atoms with Crippen LogP contribution in [0.4, 0.5) is 0 Å². The molecule has 1 atom stereocenters. The van der Waals surface area contributed by atoms with Crippen molar-refractivity contribution >= 4 is 0 Å². The van der Waals surface area contributed by atoms with Crippen molar-refractivity contribution in [1.82, 2.24) is 10.3 Å². The van der Waals surface area contributed by atoms with Crippen molar-refractivity contribution in [2.24, 2.45) is 0 Å². The van der Waals surface area contributed by atoms with E-state index in [4.69, 9.17) is 14.2 Å². The predicted molar refractivity (Wildman–Crippen MR) is 76.0 cm³/mol. The van der Waals surface area contributed by atoms with Gasteiger partial charge < -0.3 is 19.5 Å². The number of allylic oxidation sites excluding steroid dienone is 2. The molecule has 0 fully saturated rings. The molecule has 1 unspecified atom stereocenters. The van der Waals surface area contributed by atoms with Crippen molar-refractivity contribution < 1.29 is 14.2 Å². The predicted octanol–water partition coefficient (Wildman–Crippen LogP) is 1.59. The summed E-state index contributed by atoms with van der Waals surface area (Å²) >= 11 is 0. The molecule has 0 amide bonds. The van der Waals surface area contributed by atoms with Gasteiger partial charge in [0.15, 0.2) is 0 Å². The van der Waals surface area contributed by atoms with Crippen molar-refractivity contribution in [2.45, 2.75) is 5.72 Å². The van der Waals surface area contributed by atoms with E-state index in [0.717, 1.165) is 5.69 Å². The summed E-state index contributed by atoms with van der Waals surface area (Å²) in [7, 11) is 1.65. The largest absolute Gasteiger partial charge is 0.382 e. The lowest BCUT2D eigenvalue weighted by molar-refractivity contribution is -0.0617. The van der Waals surface area contributed by atoms with Crippen molar-refractivity contribution in [3.8, 4) is 0 Å². The molecule has 1 N–H and O–H groups in total. The molecule has 1 aliphatic heterocycles. The summed E-state index contributed by atoms with van der Waals surface area (Å²) in [6.45, 7) is 2.13. The molecule has 1 aliphatic rings. The monoisotopic (exact) mass is 276 g/mol. The molecule has 0 aliphatic carbocycles. The summed E-state index contributed by atoms with van der Waals surface area (Å²) in [5.74, 6) is 0. The normalized spacial score (nSPS) is 20.9. The van der Waals surface area contributed by atoms with Crippen LogP contribution in [-0.2, 0) is 19.9 Å². The van der Waals surface area contributed by atoms with Gasteiger partial charge in [0.1, 0.15) is 0 Å². The van der Waals surface area contributed by atoms with Gasteiger partial charge in [-0.05, 0) is 30.5 Å². The summed E-state index contributed by atoms with van der Waals surface area (Å²) in [5.41, 5.74) is 0.0955. The fourth-order valence-corrected chi connectivity index (χ4v) is 1.88. The third kappa shape index (κ3) is 3.90. The highest BCUT2D eigenvalue weighted by Crippen LogP contribution is 2.24. The van der Waals surface area contributed by atoms with Gasteiger partial charge in [-0.3, -0.25) is 4.98 Å². The Balaban J connectivity index is 1.92. The van der Waals surface area contributed by atoms with Crippen LogP contribution in [0.2, 0.25) is 0 Å². The topological polar surface area (TPSA) is 52.6 Å². The van der Waals surface area contributed by atoms with Gasteiger partial charge in [0, 0.05) is 13.3 Å². The summed E-state index contributed by atoms with van der Waals surface area (Å²) in [6.07, 6.45) is 9.41. The number of hydrogen-bond donors (Lipinski definition) is 1. The van der Waals surface area contributed by atoms with Crippen LogP contribution in [0.1, 0.15) is 5.69 Å². The molecule has 5 nitrogen and oxygen atoms in total. The van der Waals surface area contributed by atoms with Crippen LogP contribution in [0.25, 0.3) is 0 Å². The lowest BCUT2D eigenvalue weighted by Crippen LogP contribution is -2.42. The maximum Gasteiger partial charge on any atom is 0.201 e. The third-order valence-electron chi connectivity index (χ3n) is 2.87. The van der Waals surface area contributed by atoms with E-state index in [0.29, 0.717) is 26.4 Å². The minimum absolute atomic E-state index is 0.464. The van der Waals surface area contributed by atoms with Crippen LogP contribution < -0.4 is 5.32 Å². The average molecular weight is 276 g/mol. The Morgan fingerprint density at radius 2 is 2.05 bits per heavy atom. The molecule has 108 valence electrons. The molecule has 0 saturated heterocycles. The Morgan fingerprint density at radius 3 is 2.75 bits per heavy atom. The standard InChI is InChI=1S/C15H20N2O3/c1-18-10-11-19-12-13-20-15(7-3-5-9-17-15)14-6-2-4-8-16-14/h2-9,17H,10-13H2,1H3. The minimum atomic E-state index is -0.722. The maximum absolute atomic E-state index is 5.96. The molecular formula is C15H20N2O3. The van der Waals surface area contributed by atoms with E-state index >= 15 is 0 Å². The van der Waals surface area contributed by atoms with Crippen molar-refractivity contribution in [3.63, 3.8) is 0 Å². The first-order valence-electron chi connectivity index (χ1n) is 6.61. The van der Waals surface area contributed by atoms with Gasteiger partial charge in [-0.25, -0.2) is 0 Å². The Kier molecular flexibility index (Phi) is 5.73. The van der Waals surface area contributed by atoms with Gasteiger partial charge in [0.2, 0.25) is 5.72 Å². The lowest BCUT2D eigenvalue weighted by atomic mass is 10.1. The van der Waals surface area contributed by atoms with Gasteiger partial charge in [0.25, 0.3) is 0 Å². The molecule has 1 aromatic rings. The number of dihydropyridines is 1. The lowest BCUT2D eigenvalue weighted by Gasteiger charge is -2.32. The van der Waals surface area contributed by atoms with Crippen molar-refractivity contribution in [2.75, 3.05) is 33.5 Å². The number of pyridine rings is 1. The molecular weight excluding hydrogens is 256 g/mol. The molecule has 2 heterocycles. The average Bonchev–Trinajstić information content (AvgIpc) is 2.52. The zero-order valence-electron chi connectivity index (χ0n) is 11.6. The summed E-state index contributed by atoms with van der Waals surface area (Å²) in [6, 6.07) is 5.76. The van der Waals surface area contributed by atoms with E-state index in [-0.39, 0.29) is 0 Å². The second-order valence-corrected chi connectivity index (χ2v) is 4.27. The van der Waals surface area contributed by atoms with Gasteiger partial charge >= 0.3 is 0 Å². The second kappa shape index (κ2) is 7.79. The fourth-order valence-electron chi connectivity index (χ4n) is 1.88. The molecule has 20 heavy (non-hydrogen) atoms. The van der Waals surface area contributed by atoms with Crippen LogP contribution in [0.15, 0.2) is 48.8 Å². The van der Waals surface area contributed by atoms with Crippen molar-refractivity contribution in [1.29, 1.82) is 0 Å². The van der Waals surface area contributed by atoms with Gasteiger partial charge in [-0.1, -0.05) is 12.1 Å². The Hall–Kier alpha value is -1.69. The van der Waals surface area contributed by atoms with E-state index in [1.54, 1.807) is 13.3 Å². The van der Waals surface area contributed by atoms with E-state index in [2.05, 4.69) is 10.3 Å². The maximum atomic E-state index is 5.96. The second-order valence-electron chi connectivity index (χ2n) is 4.27. The van der Waals surface area contributed by atoms with E-state index < -0.39 is 5.72 Å². The van der Waals surface area contributed by atoms with Crippen LogP contribution in [0.5, 0.6) is 0 Å². The number of nitrogens with one attached hydrogen (secondary N) is 1. The highest BCUT2D eigenvalue weighted by Gasteiger charge is 2.31. The summed E-state index contributed by atoms with van der Waals surface area (Å²) < 4.78 is 16.3. The number of aromatic nitrogens is 1. The Morgan fingerprint density at radius 1 is 1.15 bits per heavy atom. The number of methoxy groups -OCH3 is 1. The van der Waals surface area contributed by atoms with E-state index in [9.17, 15) is 0 Å². The quantitative estimate of drug-likeness (QED) is 0.731. The molecule has 2 rings (SSSR count). The first-order valence-corrected chi connectivity index (χ1v) is 6.61.